The molecule has 1 aromatic heterocycles. The SMILES string of the molecule is CC/C(=C(/c1ccc(/C=C/C(=O)O)cc1)c1[nH]c2ccccc2c1C#N)c1ccc(Cl)cc1Cl. The van der Waals surface area contributed by atoms with Gasteiger partial charge in [0.15, 0.2) is 0 Å². The summed E-state index contributed by atoms with van der Waals surface area (Å²) in [6.07, 6.45) is 3.29. The molecule has 0 atom stereocenters. The van der Waals surface area contributed by atoms with Crippen LogP contribution in [-0.4, -0.2) is 16.1 Å². The number of nitrogens with zero attached hydrogens (tertiary/aromatic N) is 1. The number of nitrogens with one attached hydrogen (secondary N) is 1. The van der Waals surface area contributed by atoms with Gasteiger partial charge in [0.2, 0.25) is 0 Å². The number of hydrogen-bond acceptors (Lipinski definition) is 2. The molecule has 4 aromatic rings. The van der Waals surface area contributed by atoms with E-state index >= 15 is 0 Å². The van der Waals surface area contributed by atoms with Gasteiger partial charge in [-0.2, -0.15) is 5.26 Å². The molecule has 0 fully saturated rings. The van der Waals surface area contributed by atoms with E-state index in [0.29, 0.717) is 27.7 Å². The maximum Gasteiger partial charge on any atom is 0.328 e. The molecule has 0 aliphatic carbocycles. The van der Waals surface area contributed by atoms with Gasteiger partial charge in [-0.25, -0.2) is 4.79 Å². The first-order valence-electron chi connectivity index (χ1n) is 10.6. The molecule has 0 spiro atoms. The van der Waals surface area contributed by atoms with Crippen LogP contribution in [0.15, 0.2) is 72.8 Å². The van der Waals surface area contributed by atoms with E-state index in [9.17, 15) is 10.1 Å². The standard InChI is InChI=1S/C28H20Cl2N2O2/c1-2-20(21-13-12-19(29)15-24(21)30)27(18-10-7-17(8-11-18)9-14-26(33)34)28-23(16-31)22-5-3-4-6-25(22)32-28/h3-15,32H,2H2,1H3,(H,33,34)/b14-9+,27-20+. The molecule has 0 radical (unpaired) electrons. The van der Waals surface area contributed by atoms with Crippen LogP contribution in [0.1, 0.15) is 41.3 Å². The first kappa shape index (κ1) is 23.4. The quantitative estimate of drug-likeness (QED) is 0.215. The Morgan fingerprint density at radius 1 is 1.09 bits per heavy atom. The summed E-state index contributed by atoms with van der Waals surface area (Å²) in [6.45, 7) is 2.04. The van der Waals surface area contributed by atoms with Crippen molar-refractivity contribution in [2.75, 3.05) is 0 Å². The highest BCUT2D eigenvalue weighted by atomic mass is 35.5. The van der Waals surface area contributed by atoms with Crippen molar-refractivity contribution in [1.29, 1.82) is 5.26 Å². The van der Waals surface area contributed by atoms with Crippen molar-refractivity contribution in [3.05, 3.63) is 111 Å². The average Bonchev–Trinajstić information content (AvgIpc) is 3.20. The lowest BCUT2D eigenvalue weighted by Crippen LogP contribution is -1.98. The second-order valence-electron chi connectivity index (χ2n) is 7.66. The highest BCUT2D eigenvalue weighted by Gasteiger charge is 2.21. The predicted octanol–water partition coefficient (Wildman–Crippen LogP) is 7.81. The van der Waals surface area contributed by atoms with Gasteiger partial charge in [-0.05, 0) is 53.0 Å². The molecule has 34 heavy (non-hydrogen) atoms. The molecule has 0 aliphatic rings. The molecule has 1 heterocycles. The van der Waals surface area contributed by atoms with Gasteiger partial charge in [-0.1, -0.05) is 78.7 Å². The normalized spacial score (nSPS) is 12.1. The molecule has 0 aliphatic heterocycles. The van der Waals surface area contributed by atoms with Gasteiger partial charge in [0, 0.05) is 32.6 Å². The monoisotopic (exact) mass is 486 g/mol. The predicted molar refractivity (Wildman–Crippen MR) is 139 cm³/mol. The number of allylic oxidation sites excluding steroid dienone is 1. The molecule has 0 bridgehead atoms. The summed E-state index contributed by atoms with van der Waals surface area (Å²) in [6, 6.07) is 23.0. The highest BCUT2D eigenvalue weighted by Crippen LogP contribution is 2.40. The van der Waals surface area contributed by atoms with Crippen LogP contribution in [-0.2, 0) is 4.79 Å². The van der Waals surface area contributed by atoms with E-state index in [-0.39, 0.29) is 0 Å². The number of hydrogen-bond donors (Lipinski definition) is 2. The summed E-state index contributed by atoms with van der Waals surface area (Å²) in [5.41, 5.74) is 6.40. The number of para-hydroxylation sites is 1. The third kappa shape index (κ3) is 4.63. The van der Waals surface area contributed by atoms with E-state index in [1.807, 2.05) is 61.5 Å². The number of aliphatic carboxylic acids is 1. The van der Waals surface area contributed by atoms with E-state index < -0.39 is 5.97 Å². The molecular weight excluding hydrogens is 467 g/mol. The van der Waals surface area contributed by atoms with Crippen molar-refractivity contribution in [3.63, 3.8) is 0 Å². The Morgan fingerprint density at radius 3 is 2.47 bits per heavy atom. The van der Waals surface area contributed by atoms with Gasteiger partial charge in [0.25, 0.3) is 0 Å². The number of aromatic nitrogens is 1. The molecule has 6 heteroatoms. The Balaban J connectivity index is 2.02. The Bertz CT molecular complexity index is 1490. The van der Waals surface area contributed by atoms with E-state index in [4.69, 9.17) is 28.3 Å². The fraction of sp³-hybridized carbons (Fsp3) is 0.0714. The zero-order chi connectivity index (χ0) is 24.2. The van der Waals surface area contributed by atoms with Crippen LogP contribution in [0.4, 0.5) is 0 Å². The van der Waals surface area contributed by atoms with Gasteiger partial charge in [0.1, 0.15) is 6.07 Å². The minimum Gasteiger partial charge on any atom is -0.478 e. The first-order chi connectivity index (χ1) is 16.4. The van der Waals surface area contributed by atoms with Gasteiger partial charge in [-0.3, -0.25) is 0 Å². The maximum absolute atomic E-state index is 10.9. The zero-order valence-corrected chi connectivity index (χ0v) is 19.8. The van der Waals surface area contributed by atoms with Crippen LogP contribution in [0, 0.1) is 11.3 Å². The lowest BCUT2D eigenvalue weighted by Gasteiger charge is -2.17. The highest BCUT2D eigenvalue weighted by molar-refractivity contribution is 6.36. The molecule has 0 saturated carbocycles. The van der Waals surface area contributed by atoms with Gasteiger partial charge in [-0.15, -0.1) is 0 Å². The minimum absolute atomic E-state index is 0.525. The molecule has 0 unspecified atom stereocenters. The molecule has 168 valence electrons. The lowest BCUT2D eigenvalue weighted by atomic mass is 9.89. The number of benzene rings is 3. The van der Waals surface area contributed by atoms with Crippen LogP contribution in [0.25, 0.3) is 28.1 Å². The van der Waals surface area contributed by atoms with Crippen molar-refractivity contribution in [2.24, 2.45) is 0 Å². The largest absolute Gasteiger partial charge is 0.478 e. The Labute approximate surface area is 207 Å². The van der Waals surface area contributed by atoms with E-state index in [0.717, 1.165) is 44.8 Å². The number of halogens is 2. The Hall–Kier alpha value is -3.78. The van der Waals surface area contributed by atoms with Crippen LogP contribution in [0.3, 0.4) is 0 Å². The summed E-state index contributed by atoms with van der Waals surface area (Å²) in [7, 11) is 0. The zero-order valence-electron chi connectivity index (χ0n) is 18.3. The van der Waals surface area contributed by atoms with Crippen molar-refractivity contribution < 1.29 is 9.90 Å². The topological polar surface area (TPSA) is 76.9 Å². The van der Waals surface area contributed by atoms with Gasteiger partial charge >= 0.3 is 5.97 Å². The summed E-state index contributed by atoms with van der Waals surface area (Å²) < 4.78 is 0. The second-order valence-corrected chi connectivity index (χ2v) is 8.50. The fourth-order valence-corrected chi connectivity index (χ4v) is 4.60. The van der Waals surface area contributed by atoms with E-state index in [2.05, 4.69) is 11.1 Å². The van der Waals surface area contributed by atoms with Gasteiger partial charge in [0.05, 0.1) is 11.3 Å². The molecule has 2 N–H and O–H groups in total. The number of aromatic amines is 1. The third-order valence-corrected chi connectivity index (χ3v) is 6.14. The van der Waals surface area contributed by atoms with Crippen LogP contribution in [0.2, 0.25) is 10.0 Å². The Morgan fingerprint density at radius 2 is 1.82 bits per heavy atom. The molecule has 4 rings (SSSR count). The van der Waals surface area contributed by atoms with Crippen molar-refractivity contribution in [3.8, 4) is 6.07 Å². The third-order valence-electron chi connectivity index (χ3n) is 5.60. The van der Waals surface area contributed by atoms with E-state index in [1.54, 1.807) is 12.1 Å². The lowest BCUT2D eigenvalue weighted by molar-refractivity contribution is -0.131. The van der Waals surface area contributed by atoms with Crippen LogP contribution < -0.4 is 0 Å². The van der Waals surface area contributed by atoms with Crippen molar-refractivity contribution in [2.45, 2.75) is 13.3 Å². The fourth-order valence-electron chi connectivity index (χ4n) is 4.08. The van der Waals surface area contributed by atoms with Gasteiger partial charge < -0.3 is 10.1 Å². The maximum atomic E-state index is 10.9. The summed E-state index contributed by atoms with van der Waals surface area (Å²) >= 11 is 12.8. The number of nitriles is 1. The van der Waals surface area contributed by atoms with Crippen LogP contribution in [0.5, 0.6) is 0 Å². The van der Waals surface area contributed by atoms with Crippen LogP contribution >= 0.6 is 23.2 Å². The molecule has 0 amide bonds. The van der Waals surface area contributed by atoms with Crippen molar-refractivity contribution >= 4 is 57.3 Å². The molecular formula is C28H20Cl2N2O2. The Kier molecular flexibility index (Phi) is 6.88. The second kappa shape index (κ2) is 10.0. The van der Waals surface area contributed by atoms with E-state index in [1.165, 1.54) is 6.08 Å². The van der Waals surface area contributed by atoms with Crippen molar-refractivity contribution in [1.82, 2.24) is 4.98 Å². The molecule has 3 aromatic carbocycles. The summed E-state index contributed by atoms with van der Waals surface area (Å²) in [5.74, 6) is -1.01. The minimum atomic E-state index is -1.01. The number of rotatable bonds is 6. The smallest absolute Gasteiger partial charge is 0.328 e. The number of carboxylic acid groups (broad SMARTS) is 1. The first-order valence-corrected chi connectivity index (χ1v) is 11.4. The number of carbonyl (C=O) groups is 1. The summed E-state index contributed by atoms with van der Waals surface area (Å²) in [4.78, 5) is 14.3. The number of fused-ring (bicyclic) bond motifs is 1. The summed E-state index contributed by atoms with van der Waals surface area (Å²) in [5, 5.41) is 20.9. The molecule has 0 saturated heterocycles. The molecule has 4 nitrogen and oxygen atoms in total. The number of H-pyrrole nitrogens is 1. The average molecular weight is 487 g/mol. The number of carboxylic acids is 1.